The molecule has 32 heavy (non-hydrogen) atoms. The van der Waals surface area contributed by atoms with Gasteiger partial charge < -0.3 is 14.8 Å². The number of thiocarbonyl (C=S) groups is 1. The Kier molecular flexibility index (Phi) is 6.94. The SMILES string of the molecule is COc1cc(OC)cc(C(=O)NN2C(=S)N(C)C(=O)C2CC(=O)Nc2cccc(C)c2)c1. The topological polar surface area (TPSA) is 100 Å². The molecule has 0 aliphatic carbocycles. The van der Waals surface area contributed by atoms with Crippen LogP contribution in [0.1, 0.15) is 22.3 Å². The van der Waals surface area contributed by atoms with Crippen molar-refractivity contribution in [2.24, 2.45) is 0 Å². The monoisotopic (exact) mass is 456 g/mol. The third kappa shape index (κ3) is 4.97. The molecule has 1 heterocycles. The standard InChI is InChI=1S/C22H24N4O5S/c1-13-6-5-7-15(8-13)23-19(27)12-18-21(29)25(2)22(32)26(18)24-20(28)14-9-16(30-3)11-17(10-14)31-4/h5-11,18H,12H2,1-4H3,(H,23,27)(H,24,28). The highest BCUT2D eigenvalue weighted by Crippen LogP contribution is 2.24. The van der Waals surface area contributed by atoms with E-state index in [1.807, 2.05) is 25.1 Å². The maximum absolute atomic E-state index is 12.9. The van der Waals surface area contributed by atoms with E-state index in [2.05, 4.69) is 10.7 Å². The van der Waals surface area contributed by atoms with Gasteiger partial charge in [0.2, 0.25) is 5.91 Å². The van der Waals surface area contributed by atoms with Crippen LogP contribution in [0.25, 0.3) is 0 Å². The lowest BCUT2D eigenvalue weighted by Crippen LogP contribution is -2.49. The molecule has 3 amide bonds. The Morgan fingerprint density at radius 3 is 2.34 bits per heavy atom. The molecule has 3 rings (SSSR count). The van der Waals surface area contributed by atoms with Gasteiger partial charge >= 0.3 is 0 Å². The molecule has 2 aromatic rings. The van der Waals surface area contributed by atoms with Crippen molar-refractivity contribution in [1.29, 1.82) is 0 Å². The van der Waals surface area contributed by atoms with Gasteiger partial charge in [-0.1, -0.05) is 12.1 Å². The Morgan fingerprint density at radius 1 is 1.09 bits per heavy atom. The van der Waals surface area contributed by atoms with E-state index < -0.39 is 17.9 Å². The van der Waals surface area contributed by atoms with Gasteiger partial charge in [0, 0.05) is 24.4 Å². The second kappa shape index (κ2) is 9.65. The van der Waals surface area contributed by atoms with Crippen LogP contribution in [-0.2, 0) is 9.59 Å². The van der Waals surface area contributed by atoms with E-state index in [4.69, 9.17) is 21.7 Å². The van der Waals surface area contributed by atoms with Gasteiger partial charge in [0.1, 0.15) is 17.5 Å². The lowest BCUT2D eigenvalue weighted by atomic mass is 10.1. The van der Waals surface area contributed by atoms with Crippen LogP contribution in [0.2, 0.25) is 0 Å². The van der Waals surface area contributed by atoms with Crippen LogP contribution < -0.4 is 20.2 Å². The predicted octanol–water partition coefficient (Wildman–Crippen LogP) is 2.11. The summed E-state index contributed by atoms with van der Waals surface area (Å²) >= 11 is 5.32. The number of anilines is 1. The molecule has 9 nitrogen and oxygen atoms in total. The van der Waals surface area contributed by atoms with Crippen LogP contribution in [0.4, 0.5) is 5.69 Å². The van der Waals surface area contributed by atoms with E-state index in [1.165, 1.54) is 43.3 Å². The third-order valence-electron chi connectivity index (χ3n) is 4.94. The quantitative estimate of drug-likeness (QED) is 0.616. The third-order valence-corrected chi connectivity index (χ3v) is 5.41. The normalized spacial score (nSPS) is 15.6. The number of carbonyl (C=O) groups excluding carboxylic acids is 3. The van der Waals surface area contributed by atoms with Crippen LogP contribution in [0.3, 0.4) is 0 Å². The largest absolute Gasteiger partial charge is 0.497 e. The van der Waals surface area contributed by atoms with Gasteiger partial charge in [0.05, 0.1) is 20.6 Å². The molecule has 1 saturated heterocycles. The molecule has 0 bridgehead atoms. The highest BCUT2D eigenvalue weighted by molar-refractivity contribution is 7.80. The fourth-order valence-electron chi connectivity index (χ4n) is 3.25. The van der Waals surface area contributed by atoms with Crippen LogP contribution in [0.5, 0.6) is 11.5 Å². The summed E-state index contributed by atoms with van der Waals surface area (Å²) in [7, 11) is 4.45. The van der Waals surface area contributed by atoms with E-state index in [1.54, 1.807) is 12.1 Å². The predicted molar refractivity (Wildman–Crippen MR) is 122 cm³/mol. The van der Waals surface area contributed by atoms with E-state index in [9.17, 15) is 14.4 Å². The molecule has 0 saturated carbocycles. The maximum atomic E-state index is 12.9. The van der Waals surface area contributed by atoms with Crippen molar-refractivity contribution >= 4 is 40.7 Å². The number of nitrogens with zero attached hydrogens (tertiary/aromatic N) is 2. The average molecular weight is 457 g/mol. The second-order valence-electron chi connectivity index (χ2n) is 7.23. The number of benzene rings is 2. The summed E-state index contributed by atoms with van der Waals surface area (Å²) in [4.78, 5) is 39.5. The number of rotatable bonds is 7. The minimum Gasteiger partial charge on any atom is -0.497 e. The summed E-state index contributed by atoms with van der Waals surface area (Å²) in [5, 5.41) is 4.10. The molecule has 1 fully saturated rings. The summed E-state index contributed by atoms with van der Waals surface area (Å²) in [5.41, 5.74) is 4.49. The molecule has 1 aliphatic rings. The van der Waals surface area contributed by atoms with E-state index in [-0.39, 0.29) is 23.0 Å². The van der Waals surface area contributed by atoms with Crippen molar-refractivity contribution in [2.75, 3.05) is 26.6 Å². The number of aryl methyl sites for hydroxylation is 1. The number of amides is 3. The highest BCUT2D eigenvalue weighted by atomic mass is 32.1. The molecule has 2 aromatic carbocycles. The van der Waals surface area contributed by atoms with Crippen LogP contribution in [-0.4, -0.2) is 60.1 Å². The number of hydrogen-bond donors (Lipinski definition) is 2. The molecule has 2 N–H and O–H groups in total. The average Bonchev–Trinajstić information content (AvgIpc) is 2.97. The first-order chi connectivity index (χ1) is 15.2. The number of carbonyl (C=O) groups is 3. The minimum absolute atomic E-state index is 0.0894. The molecular weight excluding hydrogens is 432 g/mol. The lowest BCUT2D eigenvalue weighted by Gasteiger charge is -2.24. The van der Waals surface area contributed by atoms with Gasteiger partial charge in [0.25, 0.3) is 11.8 Å². The number of likely N-dealkylation sites (N-methyl/N-ethyl adjacent to an activating group) is 1. The number of hydrogen-bond acceptors (Lipinski definition) is 6. The minimum atomic E-state index is -0.978. The number of hydrazine groups is 1. The van der Waals surface area contributed by atoms with Gasteiger partial charge in [-0.05, 0) is 49.0 Å². The summed E-state index contributed by atoms with van der Waals surface area (Å²) in [6.07, 6.45) is -0.195. The van der Waals surface area contributed by atoms with E-state index >= 15 is 0 Å². The zero-order valence-corrected chi connectivity index (χ0v) is 19.0. The van der Waals surface area contributed by atoms with Crippen LogP contribution in [0.15, 0.2) is 42.5 Å². The van der Waals surface area contributed by atoms with Crippen molar-refractivity contribution in [3.05, 3.63) is 53.6 Å². The zero-order valence-electron chi connectivity index (χ0n) is 18.2. The van der Waals surface area contributed by atoms with Gasteiger partial charge in [-0.15, -0.1) is 0 Å². The molecule has 1 aliphatic heterocycles. The number of methoxy groups -OCH3 is 2. The number of ether oxygens (including phenoxy) is 2. The zero-order chi connectivity index (χ0) is 23.4. The van der Waals surface area contributed by atoms with E-state index in [0.29, 0.717) is 17.2 Å². The maximum Gasteiger partial charge on any atom is 0.270 e. The molecular formula is C22H24N4O5S. The van der Waals surface area contributed by atoms with Gasteiger partial charge in [-0.2, -0.15) is 0 Å². The fraction of sp³-hybridized carbons (Fsp3) is 0.273. The Balaban J connectivity index is 1.77. The highest BCUT2D eigenvalue weighted by Gasteiger charge is 2.42. The van der Waals surface area contributed by atoms with Crippen molar-refractivity contribution in [3.8, 4) is 11.5 Å². The van der Waals surface area contributed by atoms with Gasteiger partial charge in [-0.25, -0.2) is 5.01 Å². The lowest BCUT2D eigenvalue weighted by molar-refractivity contribution is -0.130. The van der Waals surface area contributed by atoms with Crippen LogP contribution in [0, 0.1) is 6.92 Å². The number of nitrogens with one attached hydrogen (secondary N) is 2. The smallest absolute Gasteiger partial charge is 0.270 e. The second-order valence-corrected chi connectivity index (χ2v) is 7.59. The summed E-state index contributed by atoms with van der Waals surface area (Å²) in [5.74, 6) is -0.439. The van der Waals surface area contributed by atoms with E-state index in [0.717, 1.165) is 5.56 Å². The summed E-state index contributed by atoms with van der Waals surface area (Å²) in [6.45, 7) is 1.91. The Morgan fingerprint density at radius 2 is 1.75 bits per heavy atom. The first kappa shape index (κ1) is 23.0. The first-order valence-electron chi connectivity index (χ1n) is 9.74. The van der Waals surface area contributed by atoms with Crippen molar-refractivity contribution in [2.45, 2.75) is 19.4 Å². The Labute approximate surface area is 191 Å². The molecule has 1 atom stereocenters. The molecule has 10 heteroatoms. The fourth-order valence-corrected chi connectivity index (χ4v) is 3.51. The first-order valence-corrected chi connectivity index (χ1v) is 10.2. The van der Waals surface area contributed by atoms with Crippen molar-refractivity contribution in [1.82, 2.24) is 15.3 Å². The van der Waals surface area contributed by atoms with Crippen LogP contribution >= 0.6 is 12.2 Å². The summed E-state index contributed by atoms with van der Waals surface area (Å²) < 4.78 is 10.4. The van der Waals surface area contributed by atoms with Gasteiger partial charge in [0.15, 0.2) is 5.11 Å². The molecule has 0 aromatic heterocycles. The Hall–Kier alpha value is -3.66. The molecule has 1 unspecified atom stereocenters. The molecule has 168 valence electrons. The summed E-state index contributed by atoms with van der Waals surface area (Å²) in [6, 6.07) is 11.0. The Bertz CT molecular complexity index is 1050. The molecule has 0 spiro atoms. The van der Waals surface area contributed by atoms with Crippen molar-refractivity contribution in [3.63, 3.8) is 0 Å². The van der Waals surface area contributed by atoms with Crippen molar-refractivity contribution < 1.29 is 23.9 Å². The molecule has 0 radical (unpaired) electrons. The van der Waals surface area contributed by atoms with Gasteiger partial charge in [-0.3, -0.25) is 24.7 Å².